The molecule has 0 atom stereocenters. The third-order valence-corrected chi connectivity index (χ3v) is 2.85. The molecule has 0 rings (SSSR count). The topological polar surface area (TPSA) is 85.9 Å². The van der Waals surface area contributed by atoms with E-state index in [9.17, 15) is 9.59 Å². The predicted molar refractivity (Wildman–Crippen MR) is 88.3 cm³/mol. The van der Waals surface area contributed by atoms with Crippen LogP contribution in [0.3, 0.4) is 0 Å². The second-order valence-electron chi connectivity index (χ2n) is 5.13. The molecular weight excluding hydrogens is 300 g/mol. The van der Waals surface area contributed by atoms with Gasteiger partial charge >= 0.3 is 0 Å². The Morgan fingerprint density at radius 3 is 1.74 bits per heavy atom. The molecule has 7 nitrogen and oxygen atoms in total. The standard InChI is InChI=1S/C16H32N2O5/c1-3-6-16(20)18-8-5-10-22-12-14-23-13-11-21-9-4-7-17-15(2)19/h3-14H2,1-2H3,(H,17,19)(H,18,20). The average Bonchev–Trinajstić information content (AvgIpc) is 2.51. The van der Waals surface area contributed by atoms with E-state index in [1.54, 1.807) is 0 Å². The first-order valence-corrected chi connectivity index (χ1v) is 8.41. The second kappa shape index (κ2) is 17.2. The summed E-state index contributed by atoms with van der Waals surface area (Å²) in [6.45, 7) is 8.19. The summed E-state index contributed by atoms with van der Waals surface area (Å²) in [7, 11) is 0. The van der Waals surface area contributed by atoms with E-state index in [0.29, 0.717) is 59.2 Å². The molecule has 0 saturated carbocycles. The van der Waals surface area contributed by atoms with Crippen LogP contribution in [0, 0.1) is 0 Å². The first kappa shape index (κ1) is 21.8. The Hall–Kier alpha value is -1.18. The Bertz CT molecular complexity index is 300. The molecular formula is C16H32N2O5. The molecule has 136 valence electrons. The molecule has 0 aromatic heterocycles. The Balaban J connectivity index is 3.05. The van der Waals surface area contributed by atoms with Gasteiger partial charge in [0.1, 0.15) is 0 Å². The molecule has 0 saturated heterocycles. The van der Waals surface area contributed by atoms with Gasteiger partial charge in [0.15, 0.2) is 0 Å². The fourth-order valence-electron chi connectivity index (χ4n) is 1.70. The highest BCUT2D eigenvalue weighted by Gasteiger charge is 1.97. The highest BCUT2D eigenvalue weighted by atomic mass is 16.5. The van der Waals surface area contributed by atoms with E-state index < -0.39 is 0 Å². The van der Waals surface area contributed by atoms with Crippen molar-refractivity contribution in [3.8, 4) is 0 Å². The zero-order chi connectivity index (χ0) is 17.2. The summed E-state index contributed by atoms with van der Waals surface area (Å²) in [5.74, 6) is 0.0876. The number of amides is 2. The van der Waals surface area contributed by atoms with E-state index in [1.165, 1.54) is 6.92 Å². The van der Waals surface area contributed by atoms with Crippen molar-refractivity contribution in [1.82, 2.24) is 10.6 Å². The van der Waals surface area contributed by atoms with Crippen molar-refractivity contribution in [1.29, 1.82) is 0 Å². The van der Waals surface area contributed by atoms with Gasteiger partial charge in [-0.25, -0.2) is 0 Å². The van der Waals surface area contributed by atoms with Gasteiger partial charge in [0, 0.05) is 39.6 Å². The zero-order valence-corrected chi connectivity index (χ0v) is 14.5. The monoisotopic (exact) mass is 332 g/mol. The molecule has 0 aromatic carbocycles. The highest BCUT2D eigenvalue weighted by molar-refractivity contribution is 5.75. The van der Waals surface area contributed by atoms with Gasteiger partial charge in [0.05, 0.1) is 26.4 Å². The molecule has 0 heterocycles. The normalized spacial score (nSPS) is 10.5. The SMILES string of the molecule is CCCC(=O)NCCCOCCOCCOCCCNC(C)=O. The minimum Gasteiger partial charge on any atom is -0.379 e. The van der Waals surface area contributed by atoms with E-state index in [1.807, 2.05) is 6.92 Å². The fraction of sp³-hybridized carbons (Fsp3) is 0.875. The summed E-state index contributed by atoms with van der Waals surface area (Å²) >= 11 is 0. The lowest BCUT2D eigenvalue weighted by molar-refractivity contribution is -0.121. The van der Waals surface area contributed by atoms with Crippen LogP contribution in [0.15, 0.2) is 0 Å². The molecule has 0 aliphatic heterocycles. The number of hydrogen-bond donors (Lipinski definition) is 2. The van der Waals surface area contributed by atoms with Crippen LogP contribution in [0.25, 0.3) is 0 Å². The van der Waals surface area contributed by atoms with Crippen LogP contribution in [0.2, 0.25) is 0 Å². The van der Waals surface area contributed by atoms with Crippen LogP contribution in [-0.4, -0.2) is 64.5 Å². The average molecular weight is 332 g/mol. The van der Waals surface area contributed by atoms with E-state index in [-0.39, 0.29) is 11.8 Å². The molecule has 7 heteroatoms. The molecule has 0 unspecified atom stereocenters. The molecule has 0 radical (unpaired) electrons. The lowest BCUT2D eigenvalue weighted by atomic mass is 10.3. The van der Waals surface area contributed by atoms with Gasteiger partial charge in [-0.15, -0.1) is 0 Å². The first-order chi connectivity index (χ1) is 11.2. The van der Waals surface area contributed by atoms with Crippen molar-refractivity contribution < 1.29 is 23.8 Å². The van der Waals surface area contributed by atoms with E-state index >= 15 is 0 Å². The maximum atomic E-state index is 11.2. The number of carbonyl (C=O) groups excluding carboxylic acids is 2. The van der Waals surface area contributed by atoms with Gasteiger partial charge in [-0.05, 0) is 19.3 Å². The van der Waals surface area contributed by atoms with Crippen LogP contribution in [0.5, 0.6) is 0 Å². The van der Waals surface area contributed by atoms with Gasteiger partial charge in [0.25, 0.3) is 0 Å². The molecule has 0 aliphatic carbocycles. The number of carbonyl (C=O) groups is 2. The third-order valence-electron chi connectivity index (χ3n) is 2.85. The molecule has 0 spiro atoms. The van der Waals surface area contributed by atoms with E-state index in [2.05, 4.69) is 10.6 Å². The van der Waals surface area contributed by atoms with E-state index in [0.717, 1.165) is 19.3 Å². The predicted octanol–water partition coefficient (Wildman–Crippen LogP) is 0.869. The summed E-state index contributed by atoms with van der Waals surface area (Å²) in [4.78, 5) is 21.8. The number of hydrogen-bond acceptors (Lipinski definition) is 5. The molecule has 0 fully saturated rings. The van der Waals surface area contributed by atoms with Gasteiger partial charge in [-0.2, -0.15) is 0 Å². The minimum atomic E-state index is -0.0170. The molecule has 2 N–H and O–H groups in total. The maximum Gasteiger partial charge on any atom is 0.219 e. The van der Waals surface area contributed by atoms with Crippen molar-refractivity contribution >= 4 is 11.8 Å². The maximum absolute atomic E-state index is 11.2. The van der Waals surface area contributed by atoms with Crippen LogP contribution >= 0.6 is 0 Å². The van der Waals surface area contributed by atoms with Crippen molar-refractivity contribution in [2.75, 3.05) is 52.7 Å². The molecule has 23 heavy (non-hydrogen) atoms. The fourth-order valence-corrected chi connectivity index (χ4v) is 1.70. The van der Waals surface area contributed by atoms with E-state index in [4.69, 9.17) is 14.2 Å². The molecule has 2 amide bonds. The molecule has 0 bridgehead atoms. The lowest BCUT2D eigenvalue weighted by Gasteiger charge is -2.07. The number of nitrogens with one attached hydrogen (secondary N) is 2. The largest absolute Gasteiger partial charge is 0.379 e. The van der Waals surface area contributed by atoms with Crippen molar-refractivity contribution in [2.45, 2.75) is 39.5 Å². The first-order valence-electron chi connectivity index (χ1n) is 8.41. The Morgan fingerprint density at radius 1 is 0.783 bits per heavy atom. The zero-order valence-electron chi connectivity index (χ0n) is 14.5. The van der Waals surface area contributed by atoms with Crippen molar-refractivity contribution in [3.05, 3.63) is 0 Å². The summed E-state index contributed by atoms with van der Waals surface area (Å²) in [5, 5.41) is 5.55. The summed E-state index contributed by atoms with van der Waals surface area (Å²) in [5.41, 5.74) is 0. The number of ether oxygens (including phenoxy) is 3. The van der Waals surface area contributed by atoms with Crippen LogP contribution in [0.1, 0.15) is 39.5 Å². The molecule has 0 aromatic rings. The smallest absolute Gasteiger partial charge is 0.219 e. The Kier molecular flexibility index (Phi) is 16.3. The van der Waals surface area contributed by atoms with Crippen LogP contribution < -0.4 is 10.6 Å². The van der Waals surface area contributed by atoms with Crippen LogP contribution in [0.4, 0.5) is 0 Å². The third kappa shape index (κ3) is 18.8. The summed E-state index contributed by atoms with van der Waals surface area (Å²) < 4.78 is 16.1. The molecule has 0 aliphatic rings. The summed E-state index contributed by atoms with van der Waals surface area (Å²) in [6.07, 6.45) is 3.08. The minimum absolute atomic E-state index is 0.0170. The number of rotatable bonds is 16. The Labute approximate surface area is 139 Å². The van der Waals surface area contributed by atoms with Gasteiger partial charge in [0.2, 0.25) is 11.8 Å². The van der Waals surface area contributed by atoms with Crippen molar-refractivity contribution in [2.24, 2.45) is 0 Å². The van der Waals surface area contributed by atoms with Gasteiger partial charge in [-0.3, -0.25) is 9.59 Å². The Morgan fingerprint density at radius 2 is 1.26 bits per heavy atom. The van der Waals surface area contributed by atoms with Crippen LogP contribution in [-0.2, 0) is 23.8 Å². The van der Waals surface area contributed by atoms with Gasteiger partial charge < -0.3 is 24.8 Å². The quantitative estimate of drug-likeness (QED) is 0.410. The highest BCUT2D eigenvalue weighted by Crippen LogP contribution is 1.88. The summed E-state index contributed by atoms with van der Waals surface area (Å²) in [6, 6.07) is 0. The van der Waals surface area contributed by atoms with Crippen molar-refractivity contribution in [3.63, 3.8) is 0 Å². The second-order valence-corrected chi connectivity index (χ2v) is 5.13. The van der Waals surface area contributed by atoms with Gasteiger partial charge in [-0.1, -0.05) is 6.92 Å². The lowest BCUT2D eigenvalue weighted by Crippen LogP contribution is -2.24.